The Morgan fingerprint density at radius 2 is 2.18 bits per heavy atom. The largest absolute Gasteiger partial charge is 0.491 e. The van der Waals surface area contributed by atoms with E-state index in [9.17, 15) is 9.18 Å². The minimum Gasteiger partial charge on any atom is -0.491 e. The molecule has 4 heterocycles. The number of nitrogens with zero attached hydrogens (tertiary/aromatic N) is 3. The van der Waals surface area contributed by atoms with Crippen LogP contribution in [0.1, 0.15) is 21.3 Å². The molecule has 28 heavy (non-hydrogen) atoms. The van der Waals surface area contributed by atoms with Crippen LogP contribution in [0.3, 0.4) is 0 Å². The van der Waals surface area contributed by atoms with Gasteiger partial charge in [-0.25, -0.2) is 8.91 Å². The van der Waals surface area contributed by atoms with Crippen molar-refractivity contribution in [2.24, 2.45) is 0 Å². The lowest BCUT2D eigenvalue weighted by Gasteiger charge is -2.10. The summed E-state index contributed by atoms with van der Waals surface area (Å²) in [4.78, 5) is 17.3. The van der Waals surface area contributed by atoms with Crippen molar-refractivity contribution in [3.05, 3.63) is 64.2 Å². The van der Waals surface area contributed by atoms with Gasteiger partial charge >= 0.3 is 0 Å². The number of benzene rings is 1. The summed E-state index contributed by atoms with van der Waals surface area (Å²) in [6, 6.07) is 9.46. The maximum Gasteiger partial charge on any atom is 0.261 e. The van der Waals surface area contributed by atoms with Gasteiger partial charge in [0.25, 0.3) is 5.91 Å². The number of aromatic nitrogens is 3. The minimum absolute atomic E-state index is 0.207. The monoisotopic (exact) mass is 395 g/mol. The molecule has 1 aromatic carbocycles. The van der Waals surface area contributed by atoms with Crippen LogP contribution in [0.5, 0.6) is 5.75 Å². The number of halogens is 1. The topological polar surface area (TPSA) is 94.5 Å². The average molecular weight is 395 g/mol. The van der Waals surface area contributed by atoms with Gasteiger partial charge in [0.05, 0.1) is 10.9 Å². The van der Waals surface area contributed by atoms with Crippen LogP contribution in [0.4, 0.5) is 10.3 Å². The molecule has 0 aliphatic carbocycles. The molecule has 1 unspecified atom stereocenters. The highest BCUT2D eigenvalue weighted by molar-refractivity contribution is 7.12. The lowest BCUT2D eigenvalue weighted by atomic mass is 10.1. The second kappa shape index (κ2) is 6.31. The van der Waals surface area contributed by atoms with Gasteiger partial charge in [-0.2, -0.15) is 4.98 Å². The van der Waals surface area contributed by atoms with Crippen molar-refractivity contribution in [2.75, 3.05) is 12.3 Å². The Labute approximate surface area is 162 Å². The molecule has 9 heteroatoms. The van der Waals surface area contributed by atoms with Gasteiger partial charge in [-0.15, -0.1) is 16.4 Å². The molecule has 0 radical (unpaired) electrons. The summed E-state index contributed by atoms with van der Waals surface area (Å²) < 4.78 is 20.6. The highest BCUT2D eigenvalue weighted by Crippen LogP contribution is 2.33. The molecule has 1 aliphatic rings. The number of nitrogens with two attached hydrogens (primary N) is 1. The predicted octanol–water partition coefficient (Wildman–Crippen LogP) is 3.04. The first-order chi connectivity index (χ1) is 13.6. The van der Waals surface area contributed by atoms with E-state index < -0.39 is 0 Å². The molecule has 0 saturated carbocycles. The summed E-state index contributed by atoms with van der Waals surface area (Å²) in [5.74, 6) is 0.219. The van der Waals surface area contributed by atoms with E-state index in [-0.39, 0.29) is 30.3 Å². The number of carbonyl (C=O) groups excluding carboxylic acids is 1. The number of ether oxygens (including phenoxy) is 1. The number of anilines is 1. The zero-order valence-electron chi connectivity index (χ0n) is 14.4. The summed E-state index contributed by atoms with van der Waals surface area (Å²) in [5.41, 5.74) is 8.71. The zero-order chi connectivity index (χ0) is 19.3. The number of nitrogen functional groups attached to an aromatic ring is 1. The summed E-state index contributed by atoms with van der Waals surface area (Å²) in [6.07, 6.45) is 1.81. The lowest BCUT2D eigenvalue weighted by Crippen LogP contribution is -2.28. The van der Waals surface area contributed by atoms with Crippen LogP contribution in [0, 0.1) is 5.82 Å². The van der Waals surface area contributed by atoms with Crippen LogP contribution in [0.25, 0.3) is 16.8 Å². The average Bonchev–Trinajstić information content (AvgIpc) is 3.39. The molecule has 0 fully saturated rings. The third kappa shape index (κ3) is 2.85. The Balaban J connectivity index is 1.37. The summed E-state index contributed by atoms with van der Waals surface area (Å²) in [5, 5.41) is 8.91. The SMILES string of the molecule is Nc1nc2ccc(-c3csc(C(=O)NC4COc5ccc(F)cc54)c3)cn2n1. The molecular formula is C19H14FN5O2S. The normalized spacial score (nSPS) is 15.4. The molecule has 0 spiro atoms. The van der Waals surface area contributed by atoms with Gasteiger partial charge < -0.3 is 15.8 Å². The second-order valence-electron chi connectivity index (χ2n) is 6.41. The highest BCUT2D eigenvalue weighted by Gasteiger charge is 2.27. The molecule has 7 nitrogen and oxygen atoms in total. The number of thiophene rings is 1. The molecule has 1 aliphatic heterocycles. The molecule has 1 atom stereocenters. The minimum atomic E-state index is -0.377. The molecule has 140 valence electrons. The zero-order valence-corrected chi connectivity index (χ0v) is 15.2. The number of hydrogen-bond donors (Lipinski definition) is 2. The highest BCUT2D eigenvalue weighted by atomic mass is 32.1. The van der Waals surface area contributed by atoms with Gasteiger partial charge in [0.1, 0.15) is 18.2 Å². The fourth-order valence-electron chi connectivity index (χ4n) is 3.21. The standard InChI is InChI=1S/C19H14FN5O2S/c20-12-2-3-15-13(6-12)14(8-27-15)22-18(26)16-5-11(9-28-16)10-1-4-17-23-19(21)24-25(17)7-10/h1-7,9,14H,8H2,(H2,21,24)(H,22,26). The van der Waals surface area contributed by atoms with Crippen molar-refractivity contribution in [3.63, 3.8) is 0 Å². The third-order valence-electron chi connectivity index (χ3n) is 4.56. The van der Waals surface area contributed by atoms with Crippen molar-refractivity contribution < 1.29 is 13.9 Å². The van der Waals surface area contributed by atoms with Crippen molar-refractivity contribution in [1.29, 1.82) is 0 Å². The fourth-order valence-corrected chi connectivity index (χ4v) is 4.03. The van der Waals surface area contributed by atoms with Gasteiger partial charge in [0.15, 0.2) is 5.65 Å². The van der Waals surface area contributed by atoms with E-state index in [0.717, 1.165) is 11.1 Å². The number of hydrogen-bond acceptors (Lipinski definition) is 6. The molecule has 0 saturated heterocycles. The molecule has 4 aromatic rings. The Morgan fingerprint density at radius 3 is 3.07 bits per heavy atom. The van der Waals surface area contributed by atoms with Crippen molar-refractivity contribution in [1.82, 2.24) is 19.9 Å². The van der Waals surface area contributed by atoms with Crippen molar-refractivity contribution in [3.8, 4) is 16.9 Å². The molecule has 0 bridgehead atoms. The van der Waals surface area contributed by atoms with Crippen LogP contribution in [0.2, 0.25) is 0 Å². The number of amides is 1. The first-order valence-corrected chi connectivity index (χ1v) is 9.39. The lowest BCUT2D eigenvalue weighted by molar-refractivity contribution is 0.0934. The molecular weight excluding hydrogens is 381 g/mol. The Bertz CT molecular complexity index is 1220. The number of rotatable bonds is 3. The van der Waals surface area contributed by atoms with Crippen LogP contribution in [-0.4, -0.2) is 27.1 Å². The third-order valence-corrected chi connectivity index (χ3v) is 5.49. The molecule has 5 rings (SSSR count). The van der Waals surface area contributed by atoms with Gasteiger partial charge in [-0.1, -0.05) is 0 Å². The van der Waals surface area contributed by atoms with E-state index in [4.69, 9.17) is 10.5 Å². The number of fused-ring (bicyclic) bond motifs is 2. The van der Waals surface area contributed by atoms with Gasteiger partial charge in [0.2, 0.25) is 5.95 Å². The quantitative estimate of drug-likeness (QED) is 0.556. The van der Waals surface area contributed by atoms with E-state index in [0.29, 0.717) is 21.8 Å². The van der Waals surface area contributed by atoms with Gasteiger partial charge in [0, 0.05) is 17.3 Å². The van der Waals surface area contributed by atoms with Crippen LogP contribution < -0.4 is 15.8 Å². The molecule has 3 N–H and O–H groups in total. The first kappa shape index (κ1) is 16.7. The van der Waals surface area contributed by atoms with Crippen molar-refractivity contribution in [2.45, 2.75) is 6.04 Å². The smallest absolute Gasteiger partial charge is 0.261 e. The fraction of sp³-hybridized carbons (Fsp3) is 0.105. The van der Waals surface area contributed by atoms with Crippen molar-refractivity contribution >= 4 is 28.8 Å². The van der Waals surface area contributed by atoms with Crippen LogP contribution in [0.15, 0.2) is 48.0 Å². The van der Waals surface area contributed by atoms with E-state index in [1.165, 1.54) is 23.5 Å². The predicted molar refractivity (Wildman–Crippen MR) is 103 cm³/mol. The summed E-state index contributed by atoms with van der Waals surface area (Å²) in [6.45, 7) is 0.285. The van der Waals surface area contributed by atoms with E-state index in [2.05, 4.69) is 15.4 Å². The summed E-state index contributed by atoms with van der Waals surface area (Å²) in [7, 11) is 0. The molecule has 3 aromatic heterocycles. The van der Waals surface area contributed by atoms with E-state index in [1.54, 1.807) is 10.6 Å². The Kier molecular flexibility index (Phi) is 3.76. The Morgan fingerprint density at radius 1 is 1.29 bits per heavy atom. The maximum atomic E-state index is 13.5. The van der Waals surface area contributed by atoms with Crippen LogP contribution >= 0.6 is 11.3 Å². The number of nitrogens with one attached hydrogen (secondary N) is 1. The maximum absolute atomic E-state index is 13.5. The van der Waals surface area contributed by atoms with E-state index in [1.807, 2.05) is 29.8 Å². The van der Waals surface area contributed by atoms with Gasteiger partial charge in [-0.05, 0) is 47.3 Å². The Hall–Kier alpha value is -3.46. The first-order valence-electron chi connectivity index (χ1n) is 8.51. The summed E-state index contributed by atoms with van der Waals surface area (Å²) >= 11 is 1.33. The molecule has 1 amide bonds. The second-order valence-corrected chi connectivity index (χ2v) is 7.32. The number of pyridine rings is 1. The van der Waals surface area contributed by atoms with Gasteiger partial charge in [-0.3, -0.25) is 4.79 Å². The number of carbonyl (C=O) groups is 1. The van der Waals surface area contributed by atoms with Crippen LogP contribution in [-0.2, 0) is 0 Å². The van der Waals surface area contributed by atoms with E-state index >= 15 is 0 Å².